The molecule has 1 aromatic rings. The van der Waals surface area contributed by atoms with Crippen LogP contribution in [0.25, 0.3) is 0 Å². The first-order valence-corrected chi connectivity index (χ1v) is 6.65. The van der Waals surface area contributed by atoms with Crippen LogP contribution in [-0.4, -0.2) is 28.8 Å². The highest BCUT2D eigenvalue weighted by Gasteiger charge is 2.36. The lowest BCUT2D eigenvalue weighted by atomic mass is 10.0. The minimum absolute atomic E-state index is 0.137. The van der Waals surface area contributed by atoms with Crippen molar-refractivity contribution in [3.63, 3.8) is 0 Å². The zero-order chi connectivity index (χ0) is 14.9. The van der Waals surface area contributed by atoms with Crippen LogP contribution in [0.3, 0.4) is 0 Å². The Morgan fingerprint density at radius 2 is 2.05 bits per heavy atom. The molecule has 1 aliphatic rings. The van der Waals surface area contributed by atoms with E-state index >= 15 is 0 Å². The number of nitrogens with one attached hydrogen (secondary N) is 1. The van der Waals surface area contributed by atoms with Crippen LogP contribution in [0.1, 0.15) is 31.4 Å². The van der Waals surface area contributed by atoms with Gasteiger partial charge in [-0.15, -0.1) is 0 Å². The molecular formula is C15H19FN2O2. The predicted molar refractivity (Wildman–Crippen MR) is 73.4 cm³/mol. The van der Waals surface area contributed by atoms with E-state index in [1.165, 1.54) is 12.1 Å². The van der Waals surface area contributed by atoms with Gasteiger partial charge in [-0.25, -0.2) is 4.39 Å². The maximum Gasteiger partial charge on any atom is 0.248 e. The van der Waals surface area contributed by atoms with Gasteiger partial charge in [-0.2, -0.15) is 0 Å². The average molecular weight is 278 g/mol. The van der Waals surface area contributed by atoms with Gasteiger partial charge >= 0.3 is 0 Å². The Morgan fingerprint density at radius 3 is 2.75 bits per heavy atom. The second-order valence-electron chi connectivity index (χ2n) is 5.72. The van der Waals surface area contributed by atoms with Crippen molar-refractivity contribution >= 4 is 11.8 Å². The highest BCUT2D eigenvalue weighted by atomic mass is 19.1. The standard InChI is InChI=1S/C15H19FN2O2/c1-10-4-5-12(16)8-11(10)9-18-7-6-13(19)17-15(2,3)14(18)20/h4-5,8H,6-7,9H2,1-3H3,(H,17,19). The maximum atomic E-state index is 13.3. The van der Waals surface area contributed by atoms with Gasteiger partial charge in [0.15, 0.2) is 0 Å². The molecule has 108 valence electrons. The first-order valence-electron chi connectivity index (χ1n) is 6.65. The van der Waals surface area contributed by atoms with E-state index < -0.39 is 5.54 Å². The first-order chi connectivity index (χ1) is 9.29. The number of aryl methyl sites for hydroxylation is 1. The number of hydrogen-bond donors (Lipinski definition) is 1. The van der Waals surface area contributed by atoms with E-state index in [9.17, 15) is 14.0 Å². The molecule has 1 aromatic carbocycles. The number of hydrogen-bond acceptors (Lipinski definition) is 2. The van der Waals surface area contributed by atoms with E-state index in [1.807, 2.05) is 6.92 Å². The average Bonchev–Trinajstić information content (AvgIpc) is 2.45. The Kier molecular flexibility index (Phi) is 3.79. The molecule has 1 N–H and O–H groups in total. The van der Waals surface area contributed by atoms with Gasteiger partial charge in [-0.3, -0.25) is 9.59 Å². The van der Waals surface area contributed by atoms with E-state index in [0.29, 0.717) is 13.1 Å². The van der Waals surface area contributed by atoms with E-state index in [4.69, 9.17) is 0 Å². The van der Waals surface area contributed by atoms with Crippen LogP contribution in [0.2, 0.25) is 0 Å². The molecule has 2 amide bonds. The maximum absolute atomic E-state index is 13.3. The topological polar surface area (TPSA) is 49.4 Å². The highest BCUT2D eigenvalue weighted by molar-refractivity contribution is 5.92. The van der Waals surface area contributed by atoms with Crippen LogP contribution >= 0.6 is 0 Å². The lowest BCUT2D eigenvalue weighted by Crippen LogP contribution is -2.52. The molecule has 0 radical (unpaired) electrons. The van der Waals surface area contributed by atoms with Crippen molar-refractivity contribution in [1.29, 1.82) is 0 Å². The van der Waals surface area contributed by atoms with Gasteiger partial charge in [0.2, 0.25) is 11.8 Å². The zero-order valence-corrected chi connectivity index (χ0v) is 12.0. The van der Waals surface area contributed by atoms with Crippen molar-refractivity contribution in [2.24, 2.45) is 0 Å². The van der Waals surface area contributed by atoms with Crippen molar-refractivity contribution in [1.82, 2.24) is 10.2 Å². The fraction of sp³-hybridized carbons (Fsp3) is 0.467. The summed E-state index contributed by atoms with van der Waals surface area (Å²) in [6.07, 6.45) is 0.267. The van der Waals surface area contributed by atoms with Crippen LogP contribution in [0.15, 0.2) is 18.2 Å². The summed E-state index contributed by atoms with van der Waals surface area (Å²) in [6, 6.07) is 4.54. The molecule has 1 aliphatic heterocycles. The van der Waals surface area contributed by atoms with Crippen molar-refractivity contribution in [3.05, 3.63) is 35.1 Å². The molecule has 0 saturated carbocycles. The molecule has 0 aromatic heterocycles. The molecule has 0 bridgehead atoms. The summed E-state index contributed by atoms with van der Waals surface area (Å²) < 4.78 is 13.3. The fourth-order valence-corrected chi connectivity index (χ4v) is 2.36. The molecule has 1 saturated heterocycles. The second-order valence-corrected chi connectivity index (χ2v) is 5.72. The quantitative estimate of drug-likeness (QED) is 0.896. The third-order valence-electron chi connectivity index (χ3n) is 3.55. The molecule has 20 heavy (non-hydrogen) atoms. The predicted octanol–water partition coefficient (Wildman–Crippen LogP) is 1.76. The zero-order valence-electron chi connectivity index (χ0n) is 12.0. The molecule has 0 spiro atoms. The van der Waals surface area contributed by atoms with Crippen LogP contribution in [0, 0.1) is 12.7 Å². The van der Waals surface area contributed by atoms with Crippen LogP contribution in [-0.2, 0) is 16.1 Å². The fourth-order valence-electron chi connectivity index (χ4n) is 2.36. The first kappa shape index (κ1) is 14.5. The normalized spacial score (nSPS) is 18.7. The summed E-state index contributed by atoms with van der Waals surface area (Å²) >= 11 is 0. The van der Waals surface area contributed by atoms with Gasteiger partial charge in [0.1, 0.15) is 11.4 Å². The molecule has 1 heterocycles. The Hall–Kier alpha value is -1.91. The van der Waals surface area contributed by atoms with Crippen molar-refractivity contribution in [2.45, 2.75) is 39.3 Å². The lowest BCUT2D eigenvalue weighted by molar-refractivity contribution is -0.137. The van der Waals surface area contributed by atoms with Gasteiger partial charge in [-0.1, -0.05) is 6.07 Å². The van der Waals surface area contributed by atoms with E-state index in [-0.39, 0.29) is 24.1 Å². The monoisotopic (exact) mass is 278 g/mol. The summed E-state index contributed by atoms with van der Waals surface area (Å²) in [7, 11) is 0. The minimum atomic E-state index is -0.922. The minimum Gasteiger partial charge on any atom is -0.342 e. The van der Waals surface area contributed by atoms with Gasteiger partial charge in [-0.05, 0) is 44.0 Å². The van der Waals surface area contributed by atoms with E-state index in [1.54, 1.807) is 24.8 Å². The van der Waals surface area contributed by atoms with Gasteiger partial charge in [0.25, 0.3) is 0 Å². The van der Waals surface area contributed by atoms with Gasteiger partial charge in [0.05, 0.1) is 0 Å². The van der Waals surface area contributed by atoms with Crippen molar-refractivity contribution in [2.75, 3.05) is 6.54 Å². The molecule has 0 atom stereocenters. The third-order valence-corrected chi connectivity index (χ3v) is 3.55. The molecule has 1 fully saturated rings. The van der Waals surface area contributed by atoms with Crippen LogP contribution in [0.4, 0.5) is 4.39 Å². The summed E-state index contributed by atoms with van der Waals surface area (Å²) in [5.41, 5.74) is 0.776. The number of rotatable bonds is 2. The molecule has 2 rings (SSSR count). The Morgan fingerprint density at radius 1 is 1.35 bits per heavy atom. The second kappa shape index (κ2) is 5.23. The smallest absolute Gasteiger partial charge is 0.248 e. The lowest BCUT2D eigenvalue weighted by Gasteiger charge is -2.29. The molecule has 0 aliphatic carbocycles. The SMILES string of the molecule is Cc1ccc(F)cc1CN1CCC(=O)NC(C)(C)C1=O. The Bertz CT molecular complexity index is 555. The third kappa shape index (κ3) is 2.98. The Labute approximate surface area is 118 Å². The molecule has 5 heteroatoms. The largest absolute Gasteiger partial charge is 0.342 e. The summed E-state index contributed by atoms with van der Waals surface area (Å²) in [6.45, 7) is 5.92. The summed E-state index contributed by atoms with van der Waals surface area (Å²) in [5.74, 6) is -0.602. The highest BCUT2D eigenvalue weighted by Crippen LogP contribution is 2.18. The van der Waals surface area contributed by atoms with Gasteiger partial charge in [0, 0.05) is 19.5 Å². The number of carbonyl (C=O) groups is 2. The van der Waals surface area contributed by atoms with Crippen LogP contribution < -0.4 is 5.32 Å². The van der Waals surface area contributed by atoms with Crippen LogP contribution in [0.5, 0.6) is 0 Å². The number of benzene rings is 1. The van der Waals surface area contributed by atoms with E-state index in [0.717, 1.165) is 11.1 Å². The number of carbonyl (C=O) groups excluding carboxylic acids is 2. The van der Waals surface area contributed by atoms with Gasteiger partial charge < -0.3 is 10.2 Å². The molecule has 4 nitrogen and oxygen atoms in total. The van der Waals surface area contributed by atoms with Crippen molar-refractivity contribution in [3.8, 4) is 0 Å². The van der Waals surface area contributed by atoms with E-state index in [2.05, 4.69) is 5.32 Å². The Balaban J connectivity index is 2.25. The number of nitrogens with zero attached hydrogens (tertiary/aromatic N) is 1. The summed E-state index contributed by atoms with van der Waals surface area (Å²) in [4.78, 5) is 25.7. The molecular weight excluding hydrogens is 259 g/mol. The van der Waals surface area contributed by atoms with Crippen molar-refractivity contribution < 1.29 is 14.0 Å². The number of amides is 2. The number of halogens is 1. The summed E-state index contributed by atoms with van der Waals surface area (Å²) in [5, 5.41) is 2.71. The molecule has 0 unspecified atom stereocenters.